The minimum absolute atomic E-state index is 0.0423. The number of urea groups is 1. The van der Waals surface area contributed by atoms with Crippen molar-refractivity contribution in [3.05, 3.63) is 22.7 Å². The number of esters is 1. The van der Waals surface area contributed by atoms with E-state index in [1.165, 1.54) is 26.4 Å². The lowest BCUT2D eigenvalue weighted by atomic mass is 9.77. The lowest BCUT2D eigenvalue weighted by Crippen LogP contribution is -2.52. The first-order chi connectivity index (χ1) is 14.7. The van der Waals surface area contributed by atoms with E-state index in [1.807, 2.05) is 0 Å². The molecule has 0 radical (unpaired) electrons. The molecule has 0 unspecified atom stereocenters. The number of hydrogen-bond donors (Lipinski definition) is 2. The number of ether oxygens (including phenoxy) is 3. The Morgan fingerprint density at radius 2 is 1.90 bits per heavy atom. The van der Waals surface area contributed by atoms with E-state index in [4.69, 9.17) is 25.8 Å². The monoisotopic (exact) mass is 453 g/mol. The van der Waals surface area contributed by atoms with Crippen LogP contribution in [0.5, 0.6) is 11.5 Å². The summed E-state index contributed by atoms with van der Waals surface area (Å²) >= 11 is 6.06. The van der Waals surface area contributed by atoms with Gasteiger partial charge in [0.15, 0.2) is 18.1 Å². The summed E-state index contributed by atoms with van der Waals surface area (Å²) in [5, 5.41) is 3.47. The lowest BCUT2D eigenvalue weighted by molar-refractivity contribution is -0.141. The topological polar surface area (TPSA) is 123 Å². The molecule has 1 aromatic carbocycles. The fourth-order valence-electron chi connectivity index (χ4n) is 3.72. The second-order valence-electron chi connectivity index (χ2n) is 7.64. The SMILES string of the molecule is COc1cc(C(=O)OCC(=O)NN2C(=O)NC3(CCC(C)CC3)C2=O)cc(Cl)c1OC. The number of carbonyl (C=O) groups excluding carboxylic acids is 4. The van der Waals surface area contributed by atoms with Crippen LogP contribution < -0.4 is 20.2 Å². The highest BCUT2D eigenvalue weighted by Gasteiger charge is 2.52. The van der Waals surface area contributed by atoms with Gasteiger partial charge in [0.05, 0.1) is 24.8 Å². The summed E-state index contributed by atoms with van der Waals surface area (Å²) in [6, 6.07) is 1.97. The van der Waals surface area contributed by atoms with Crippen LogP contribution in [-0.4, -0.2) is 55.2 Å². The van der Waals surface area contributed by atoms with Gasteiger partial charge in [-0.2, -0.15) is 5.01 Å². The highest BCUT2D eigenvalue weighted by molar-refractivity contribution is 6.32. The first-order valence-corrected chi connectivity index (χ1v) is 10.1. The molecule has 2 N–H and O–H groups in total. The van der Waals surface area contributed by atoms with Crippen molar-refractivity contribution in [2.45, 2.75) is 38.1 Å². The molecule has 1 heterocycles. The van der Waals surface area contributed by atoms with Crippen molar-refractivity contribution in [1.82, 2.24) is 15.8 Å². The van der Waals surface area contributed by atoms with Gasteiger partial charge >= 0.3 is 12.0 Å². The Hall–Kier alpha value is -3.01. The summed E-state index contributed by atoms with van der Waals surface area (Å²) in [5.41, 5.74) is 1.27. The molecule has 3 rings (SSSR count). The molecule has 1 saturated heterocycles. The van der Waals surface area contributed by atoms with E-state index < -0.39 is 36.0 Å². The highest BCUT2D eigenvalue weighted by atomic mass is 35.5. The molecular weight excluding hydrogens is 430 g/mol. The van der Waals surface area contributed by atoms with Crippen LogP contribution in [0.4, 0.5) is 4.79 Å². The van der Waals surface area contributed by atoms with Gasteiger partial charge in [-0.25, -0.2) is 9.59 Å². The third-order valence-electron chi connectivity index (χ3n) is 5.53. The number of imide groups is 1. The molecule has 1 aliphatic heterocycles. The first kappa shape index (κ1) is 22.7. The smallest absolute Gasteiger partial charge is 0.344 e. The van der Waals surface area contributed by atoms with Crippen molar-refractivity contribution in [3.63, 3.8) is 0 Å². The number of rotatable bonds is 6. The van der Waals surface area contributed by atoms with Crippen LogP contribution in [0.3, 0.4) is 0 Å². The third-order valence-corrected chi connectivity index (χ3v) is 5.81. The van der Waals surface area contributed by atoms with Gasteiger partial charge in [-0.3, -0.25) is 15.0 Å². The highest BCUT2D eigenvalue weighted by Crippen LogP contribution is 2.37. The van der Waals surface area contributed by atoms with E-state index in [1.54, 1.807) is 0 Å². The number of carbonyl (C=O) groups is 4. The molecule has 2 aliphatic rings. The van der Waals surface area contributed by atoms with Crippen LogP contribution in [0.1, 0.15) is 43.0 Å². The van der Waals surface area contributed by atoms with Crippen LogP contribution in [0.15, 0.2) is 12.1 Å². The zero-order chi connectivity index (χ0) is 22.8. The minimum atomic E-state index is -0.982. The number of hydrogen-bond acceptors (Lipinski definition) is 7. The molecule has 1 aliphatic carbocycles. The van der Waals surface area contributed by atoms with Crippen LogP contribution in [-0.2, 0) is 14.3 Å². The van der Waals surface area contributed by atoms with E-state index in [9.17, 15) is 19.2 Å². The maximum Gasteiger partial charge on any atom is 0.344 e. The number of nitrogens with one attached hydrogen (secondary N) is 2. The summed E-state index contributed by atoms with van der Waals surface area (Å²) in [6.07, 6.45) is 2.64. The standard InChI is InChI=1S/C20H24ClN3O7/c1-11-4-6-20(7-5-11)18(27)24(19(28)22-20)23-15(25)10-31-17(26)12-8-13(21)16(30-3)14(9-12)29-2/h8-9,11H,4-7,10H2,1-3H3,(H,22,28)(H,23,25). The van der Waals surface area contributed by atoms with Crippen molar-refractivity contribution < 1.29 is 33.4 Å². The quantitative estimate of drug-likeness (QED) is 0.499. The van der Waals surface area contributed by atoms with Crippen molar-refractivity contribution in [1.29, 1.82) is 0 Å². The second kappa shape index (κ2) is 9.01. The maximum atomic E-state index is 12.7. The molecule has 2 fully saturated rings. The zero-order valence-electron chi connectivity index (χ0n) is 17.5. The predicted octanol–water partition coefficient (Wildman–Crippen LogP) is 2.05. The Morgan fingerprint density at radius 1 is 1.23 bits per heavy atom. The van der Waals surface area contributed by atoms with E-state index in [2.05, 4.69) is 17.7 Å². The first-order valence-electron chi connectivity index (χ1n) is 9.75. The molecule has 4 amide bonds. The molecule has 1 saturated carbocycles. The maximum absolute atomic E-state index is 12.7. The normalized spacial score (nSPS) is 22.8. The zero-order valence-corrected chi connectivity index (χ0v) is 18.2. The summed E-state index contributed by atoms with van der Waals surface area (Å²) in [7, 11) is 2.79. The van der Waals surface area contributed by atoms with Gasteiger partial charge in [0.25, 0.3) is 11.8 Å². The van der Waals surface area contributed by atoms with Gasteiger partial charge in [-0.05, 0) is 43.7 Å². The molecule has 10 nitrogen and oxygen atoms in total. The molecule has 0 bridgehead atoms. The average Bonchev–Trinajstić information content (AvgIpc) is 2.97. The molecule has 31 heavy (non-hydrogen) atoms. The predicted molar refractivity (Wildman–Crippen MR) is 109 cm³/mol. The van der Waals surface area contributed by atoms with Crippen LogP contribution in [0.25, 0.3) is 0 Å². The fraction of sp³-hybridized carbons (Fsp3) is 0.500. The summed E-state index contributed by atoms with van der Waals surface area (Å²) in [6.45, 7) is 1.39. The number of nitrogens with zero attached hydrogens (tertiary/aromatic N) is 1. The Kier molecular flexibility index (Phi) is 6.59. The molecule has 11 heteroatoms. The minimum Gasteiger partial charge on any atom is -0.493 e. The van der Waals surface area contributed by atoms with Gasteiger partial charge < -0.3 is 19.5 Å². The van der Waals surface area contributed by atoms with Gasteiger partial charge in [-0.15, -0.1) is 0 Å². The van der Waals surface area contributed by atoms with Gasteiger partial charge in [0, 0.05) is 0 Å². The van der Waals surface area contributed by atoms with Crippen molar-refractivity contribution in [2.24, 2.45) is 5.92 Å². The summed E-state index contributed by atoms with van der Waals surface area (Å²) in [5.74, 6) is -1.22. The Balaban J connectivity index is 1.59. The molecule has 1 aromatic rings. The number of methoxy groups -OCH3 is 2. The fourth-order valence-corrected chi connectivity index (χ4v) is 4.01. The third kappa shape index (κ3) is 4.53. The molecule has 168 valence electrons. The van der Waals surface area contributed by atoms with Crippen LogP contribution >= 0.6 is 11.6 Å². The second-order valence-corrected chi connectivity index (χ2v) is 8.05. The van der Waals surface area contributed by atoms with Gasteiger partial charge in [0.2, 0.25) is 0 Å². The molecule has 0 atom stereocenters. The number of benzene rings is 1. The van der Waals surface area contributed by atoms with E-state index in [0.29, 0.717) is 23.8 Å². The van der Waals surface area contributed by atoms with E-state index >= 15 is 0 Å². The summed E-state index contributed by atoms with van der Waals surface area (Å²) in [4.78, 5) is 49.5. The number of hydrazine groups is 1. The van der Waals surface area contributed by atoms with E-state index in [0.717, 1.165) is 12.8 Å². The summed E-state index contributed by atoms with van der Waals surface area (Å²) < 4.78 is 15.2. The van der Waals surface area contributed by atoms with E-state index in [-0.39, 0.29) is 22.1 Å². The van der Waals surface area contributed by atoms with Gasteiger partial charge in [0.1, 0.15) is 5.54 Å². The lowest BCUT2D eigenvalue weighted by Gasteiger charge is -2.33. The Labute approximate surface area is 184 Å². The molecular formula is C20H24ClN3O7. The van der Waals surface area contributed by atoms with Crippen molar-refractivity contribution >= 4 is 35.4 Å². The molecule has 1 spiro atoms. The van der Waals surface area contributed by atoms with Gasteiger partial charge in [-0.1, -0.05) is 18.5 Å². The Morgan fingerprint density at radius 3 is 2.52 bits per heavy atom. The van der Waals surface area contributed by atoms with Crippen molar-refractivity contribution in [2.75, 3.05) is 20.8 Å². The number of halogens is 1. The average molecular weight is 454 g/mol. The van der Waals surface area contributed by atoms with Crippen LogP contribution in [0.2, 0.25) is 5.02 Å². The largest absolute Gasteiger partial charge is 0.493 e. The van der Waals surface area contributed by atoms with Crippen LogP contribution in [0, 0.1) is 5.92 Å². The molecule has 0 aromatic heterocycles. The Bertz CT molecular complexity index is 912. The number of amides is 4. The van der Waals surface area contributed by atoms with Crippen molar-refractivity contribution in [3.8, 4) is 11.5 Å².